The van der Waals surface area contributed by atoms with E-state index in [9.17, 15) is 9.59 Å². The number of rotatable bonds is 5. The minimum absolute atomic E-state index is 0.0340. The van der Waals surface area contributed by atoms with Crippen LogP contribution in [0.5, 0.6) is 0 Å². The molecule has 0 bridgehead atoms. The molecule has 6 aliphatic rings. The second-order valence-corrected chi connectivity index (χ2v) is 17.4. The summed E-state index contributed by atoms with van der Waals surface area (Å²) in [7, 11) is 2.00. The summed E-state index contributed by atoms with van der Waals surface area (Å²) >= 11 is 0. The van der Waals surface area contributed by atoms with Gasteiger partial charge in [0, 0.05) is 31.3 Å². The highest BCUT2D eigenvalue weighted by Gasteiger charge is 2.53. The van der Waals surface area contributed by atoms with E-state index in [4.69, 9.17) is 29.9 Å². The third-order valence-electron chi connectivity index (χ3n) is 13.9. The van der Waals surface area contributed by atoms with Crippen LogP contribution in [0.15, 0.2) is 92.8 Å². The maximum absolute atomic E-state index is 14.3. The summed E-state index contributed by atoms with van der Waals surface area (Å²) in [6, 6.07) is 24.9. The first-order valence-corrected chi connectivity index (χ1v) is 21.2. The molecule has 5 aromatic rings. The molecule has 3 unspecified atom stereocenters. The highest BCUT2D eigenvalue weighted by molar-refractivity contribution is 6.17. The third-order valence-corrected chi connectivity index (χ3v) is 13.9. The summed E-state index contributed by atoms with van der Waals surface area (Å²) in [6.45, 7) is 0.609. The van der Waals surface area contributed by atoms with Gasteiger partial charge in [0.1, 0.15) is 11.6 Å². The summed E-state index contributed by atoms with van der Waals surface area (Å²) in [5.41, 5.74) is 7.04. The number of para-hydroxylation sites is 2. The van der Waals surface area contributed by atoms with Crippen LogP contribution in [-0.4, -0.2) is 65.1 Å². The van der Waals surface area contributed by atoms with Gasteiger partial charge in [0.2, 0.25) is 23.8 Å². The molecule has 3 atom stereocenters. The van der Waals surface area contributed by atoms with E-state index in [1.54, 1.807) is 0 Å². The Balaban J connectivity index is 0.933. The van der Waals surface area contributed by atoms with Crippen molar-refractivity contribution < 1.29 is 9.59 Å². The SMILES string of the molecule is Cn1c(NC2=NC3(CCCC3)C3C(=O)CC(c4ccc5c(c4)nc(NC4=NC6(CCCC6)C6C(=O)CCCC6=N4)n5Cc4ccccc4)CC3=N2)nc2ccccc21. The molecule has 0 radical (unpaired) electrons. The summed E-state index contributed by atoms with van der Waals surface area (Å²) in [4.78, 5) is 58.2. The van der Waals surface area contributed by atoms with Crippen LogP contribution in [0, 0.1) is 11.8 Å². The largest absolute Gasteiger partial charge is 0.313 e. The zero-order valence-corrected chi connectivity index (χ0v) is 33.0. The molecule has 0 saturated heterocycles. The number of hydrogen-bond donors (Lipinski definition) is 2. The lowest BCUT2D eigenvalue weighted by Crippen LogP contribution is -2.50. The number of aliphatic imine (C=N–C) groups is 4. The summed E-state index contributed by atoms with van der Waals surface area (Å²) < 4.78 is 4.23. The van der Waals surface area contributed by atoms with Gasteiger partial charge in [-0.05, 0) is 86.3 Å². The fraction of sp³-hybridized carbons (Fsp3) is 0.435. The van der Waals surface area contributed by atoms with Crippen molar-refractivity contribution in [1.82, 2.24) is 19.1 Å². The van der Waals surface area contributed by atoms with Gasteiger partial charge in [-0.15, -0.1) is 0 Å². The molecule has 11 rings (SSSR count). The van der Waals surface area contributed by atoms with E-state index in [0.29, 0.717) is 55.4 Å². The number of guanidine groups is 2. The van der Waals surface area contributed by atoms with Crippen molar-refractivity contribution in [2.75, 3.05) is 10.6 Å². The Morgan fingerprint density at radius 1 is 0.655 bits per heavy atom. The second-order valence-electron chi connectivity index (χ2n) is 17.4. The molecule has 58 heavy (non-hydrogen) atoms. The van der Waals surface area contributed by atoms with Crippen LogP contribution in [0.4, 0.5) is 11.9 Å². The monoisotopic (exact) mass is 772 g/mol. The van der Waals surface area contributed by atoms with Crippen LogP contribution in [0.25, 0.3) is 22.1 Å². The molecule has 294 valence electrons. The lowest BCUT2D eigenvalue weighted by Gasteiger charge is -2.41. The molecule has 12 heteroatoms. The molecule has 2 aromatic heterocycles. The third kappa shape index (κ3) is 5.85. The summed E-state index contributed by atoms with van der Waals surface area (Å²) in [5.74, 6) is 2.46. The number of Topliss-reactive ketones (excluding diaryl/α,β-unsaturated/α-hetero) is 2. The fourth-order valence-corrected chi connectivity index (χ4v) is 11.2. The number of anilines is 2. The van der Waals surface area contributed by atoms with Gasteiger partial charge < -0.3 is 9.13 Å². The van der Waals surface area contributed by atoms with Crippen molar-refractivity contribution in [3.05, 3.63) is 83.9 Å². The van der Waals surface area contributed by atoms with Gasteiger partial charge in [0.25, 0.3) is 0 Å². The number of aryl methyl sites for hydroxylation is 1. The van der Waals surface area contributed by atoms with E-state index >= 15 is 0 Å². The van der Waals surface area contributed by atoms with E-state index in [2.05, 4.69) is 63.7 Å². The Morgan fingerprint density at radius 2 is 1.31 bits per heavy atom. The van der Waals surface area contributed by atoms with Crippen molar-refractivity contribution in [2.45, 2.75) is 107 Å². The highest BCUT2D eigenvalue weighted by Crippen LogP contribution is 2.48. The van der Waals surface area contributed by atoms with Crippen molar-refractivity contribution >= 4 is 68.9 Å². The minimum atomic E-state index is -0.458. The highest BCUT2D eigenvalue weighted by atomic mass is 16.1. The lowest BCUT2D eigenvalue weighted by molar-refractivity contribution is -0.124. The molecular formula is C46H48N10O2. The van der Waals surface area contributed by atoms with Crippen LogP contribution < -0.4 is 10.6 Å². The van der Waals surface area contributed by atoms with Gasteiger partial charge >= 0.3 is 0 Å². The average molecular weight is 773 g/mol. The van der Waals surface area contributed by atoms with Crippen molar-refractivity contribution in [1.29, 1.82) is 0 Å². The number of hydrogen-bond acceptors (Lipinski definition) is 10. The Labute approximate surface area is 337 Å². The molecule has 3 aromatic carbocycles. The van der Waals surface area contributed by atoms with Crippen LogP contribution in [0.1, 0.15) is 101 Å². The van der Waals surface area contributed by atoms with Gasteiger partial charge in [-0.1, -0.05) is 74.2 Å². The number of aromatic nitrogens is 4. The number of ketones is 2. The number of nitrogens with zero attached hydrogens (tertiary/aromatic N) is 8. The molecule has 4 aliphatic carbocycles. The van der Waals surface area contributed by atoms with Crippen molar-refractivity contribution in [3.8, 4) is 0 Å². The molecular weight excluding hydrogens is 725 g/mol. The summed E-state index contributed by atoms with van der Waals surface area (Å²) in [5, 5.41) is 7.03. The van der Waals surface area contributed by atoms with Gasteiger partial charge in [-0.2, -0.15) is 0 Å². The Kier molecular flexibility index (Phi) is 8.34. The number of fused-ring (bicyclic) bond motifs is 6. The van der Waals surface area contributed by atoms with Gasteiger partial charge in [0.15, 0.2) is 0 Å². The van der Waals surface area contributed by atoms with Gasteiger partial charge in [-0.3, -0.25) is 20.2 Å². The van der Waals surface area contributed by atoms with Crippen LogP contribution >= 0.6 is 0 Å². The molecule has 4 fully saturated rings. The van der Waals surface area contributed by atoms with Gasteiger partial charge in [0.05, 0.1) is 51.5 Å². The van der Waals surface area contributed by atoms with E-state index in [1.807, 2.05) is 35.9 Å². The zero-order valence-electron chi connectivity index (χ0n) is 33.0. The lowest BCUT2D eigenvalue weighted by atomic mass is 9.67. The molecule has 2 N–H and O–H groups in total. The molecule has 4 saturated carbocycles. The predicted octanol–water partition coefficient (Wildman–Crippen LogP) is 8.17. The molecule has 0 amide bonds. The first-order chi connectivity index (χ1) is 28.3. The van der Waals surface area contributed by atoms with Crippen LogP contribution in [0.2, 0.25) is 0 Å². The summed E-state index contributed by atoms with van der Waals surface area (Å²) in [6.07, 6.45) is 11.3. The smallest absolute Gasteiger partial charge is 0.225 e. The minimum Gasteiger partial charge on any atom is -0.313 e. The number of imidazole rings is 2. The zero-order chi connectivity index (χ0) is 39.0. The molecule has 4 heterocycles. The fourth-order valence-electron chi connectivity index (χ4n) is 11.2. The number of nitrogens with one attached hydrogen (secondary N) is 2. The maximum Gasteiger partial charge on any atom is 0.225 e. The number of carbonyl (C=O) groups excluding carboxylic acids is 2. The van der Waals surface area contributed by atoms with E-state index in [-0.39, 0.29) is 23.5 Å². The van der Waals surface area contributed by atoms with Gasteiger partial charge in [-0.25, -0.2) is 29.9 Å². The average Bonchev–Trinajstić information content (AvgIpc) is 4.02. The Hall–Kier alpha value is -5.78. The van der Waals surface area contributed by atoms with Crippen LogP contribution in [0.3, 0.4) is 0 Å². The maximum atomic E-state index is 14.3. The van der Waals surface area contributed by atoms with Crippen LogP contribution in [-0.2, 0) is 23.2 Å². The quantitative estimate of drug-likeness (QED) is 0.185. The molecule has 12 nitrogen and oxygen atoms in total. The Bertz CT molecular complexity index is 2620. The topological polar surface area (TPSA) is 143 Å². The van der Waals surface area contributed by atoms with Crippen molar-refractivity contribution in [2.24, 2.45) is 38.9 Å². The first-order valence-electron chi connectivity index (χ1n) is 21.2. The number of benzene rings is 3. The number of carbonyl (C=O) groups is 2. The van der Waals surface area contributed by atoms with E-state index in [1.165, 1.54) is 0 Å². The van der Waals surface area contributed by atoms with Crippen molar-refractivity contribution in [3.63, 3.8) is 0 Å². The molecule has 2 spiro atoms. The van der Waals surface area contributed by atoms with E-state index in [0.717, 1.165) is 109 Å². The second kappa shape index (κ2) is 13.7. The predicted molar refractivity (Wildman–Crippen MR) is 228 cm³/mol. The first kappa shape index (κ1) is 35.4. The normalized spacial score (nSPS) is 24.7. The van der Waals surface area contributed by atoms with E-state index < -0.39 is 11.1 Å². The Morgan fingerprint density at radius 3 is 2.05 bits per heavy atom. The standard InChI is InChI=1S/C46H48N10O2/c1-55-35-16-6-5-14-31(35)49-43(55)51-42-48-34-25-30(26-38(58)40(34)46(54-42)22-9-10-23-46)29-18-19-36-33(24-29)50-44(56(36)27-28-12-3-2-4-13-28)52-41-47-32-15-11-17-37(57)39(32)45(53-41)20-7-8-21-45/h2-6,12-14,16,18-19,24,30,39-40H,7-11,15,17,20-23,25-27H2,1H3,(H,49,51,54)(H,50,52,53). The molecule has 2 aliphatic heterocycles.